The van der Waals surface area contributed by atoms with Crippen LogP contribution < -0.4 is 32.2 Å². The molecular formula is C46H70N8O7. The van der Waals surface area contributed by atoms with Crippen LogP contribution in [-0.4, -0.2) is 107 Å². The number of nitrogens with one attached hydrogen (secondary N) is 3. The number of unbranched alkanes of at least 4 members (excludes halogenated alkanes) is 4. The number of aliphatic imine (C=N–C) groups is 1. The first kappa shape index (κ1) is 48.5. The highest BCUT2D eigenvalue weighted by atomic mass is 16.5. The van der Waals surface area contributed by atoms with E-state index in [1.807, 2.05) is 68.4 Å². The maximum atomic E-state index is 14.5. The lowest BCUT2D eigenvalue weighted by atomic mass is 10.00. The third kappa shape index (κ3) is 16.7. The van der Waals surface area contributed by atoms with Crippen LogP contribution in [0.4, 0.5) is 0 Å². The van der Waals surface area contributed by atoms with Gasteiger partial charge in [-0.25, -0.2) is 0 Å². The standard InChI is InChI=1S/C46H70N8O7/c1-4-5-6-7-12-19-41(56)50-38(28-33-20-22-36(23-21-33)61-31-34-16-10-8-11-17-34)42(57)52-39(27-32(2)3)45(60)54-30-35(55)29-40(54)43(58)51-37(18-15-24-49-46(47)48)44(59)53-25-13-9-14-26-53/h8,10-11,16-17,20-23,32,35,37-40,55H,4-7,9,12-15,18-19,24-31H2,1-3H3,(H,50,56)(H,51,58)(H,52,57)(H4,47,48,49)/t35-,37-,38+,39+,40+/m1/s1. The molecule has 5 amide bonds. The highest BCUT2D eigenvalue weighted by molar-refractivity contribution is 5.96. The summed E-state index contributed by atoms with van der Waals surface area (Å²) in [4.78, 5) is 76.8. The van der Waals surface area contributed by atoms with Crippen LogP contribution in [-0.2, 0) is 37.0 Å². The van der Waals surface area contributed by atoms with E-state index in [0.29, 0.717) is 38.3 Å². The molecule has 61 heavy (non-hydrogen) atoms. The van der Waals surface area contributed by atoms with Crippen molar-refractivity contribution in [3.63, 3.8) is 0 Å². The Balaban J connectivity index is 1.49. The predicted molar refractivity (Wildman–Crippen MR) is 236 cm³/mol. The number of benzene rings is 2. The third-order valence-electron chi connectivity index (χ3n) is 11.2. The van der Waals surface area contributed by atoms with Crippen molar-refractivity contribution in [3.05, 3.63) is 65.7 Å². The smallest absolute Gasteiger partial charge is 0.245 e. The summed E-state index contributed by atoms with van der Waals surface area (Å²) in [5.74, 6) is -1.51. The average Bonchev–Trinajstić information content (AvgIpc) is 3.65. The molecule has 2 fully saturated rings. The number of nitrogens with zero attached hydrogens (tertiary/aromatic N) is 3. The minimum atomic E-state index is -1.07. The molecular weight excluding hydrogens is 777 g/mol. The normalized spacial score (nSPS) is 17.9. The van der Waals surface area contributed by atoms with Gasteiger partial charge in [-0.2, -0.15) is 0 Å². The predicted octanol–water partition coefficient (Wildman–Crippen LogP) is 3.70. The minimum absolute atomic E-state index is 0.0272. The molecule has 2 aromatic carbocycles. The molecule has 0 aliphatic carbocycles. The fourth-order valence-electron chi connectivity index (χ4n) is 7.90. The molecule has 15 heteroatoms. The molecule has 2 aromatic rings. The molecule has 0 bridgehead atoms. The number of carbonyl (C=O) groups is 5. The fraction of sp³-hybridized carbons (Fsp3) is 0.609. The van der Waals surface area contributed by atoms with Gasteiger partial charge in [0.2, 0.25) is 29.5 Å². The van der Waals surface area contributed by atoms with Crippen LogP contribution in [0.2, 0.25) is 0 Å². The van der Waals surface area contributed by atoms with E-state index in [1.165, 1.54) is 4.90 Å². The number of aliphatic hydroxyl groups is 1. The zero-order chi connectivity index (χ0) is 44.1. The molecule has 2 aliphatic rings. The Bertz CT molecular complexity index is 1710. The number of hydrogen-bond acceptors (Lipinski definition) is 8. The second kappa shape index (κ2) is 25.6. The average molecular weight is 847 g/mol. The zero-order valence-corrected chi connectivity index (χ0v) is 36.5. The molecule has 15 nitrogen and oxygen atoms in total. The Hall–Kier alpha value is -5.18. The van der Waals surface area contributed by atoms with E-state index in [-0.39, 0.29) is 68.9 Å². The minimum Gasteiger partial charge on any atom is -0.489 e. The molecule has 0 radical (unpaired) electrons. The molecule has 336 valence electrons. The fourth-order valence-corrected chi connectivity index (χ4v) is 7.90. The summed E-state index contributed by atoms with van der Waals surface area (Å²) in [6.45, 7) is 7.73. The number of aliphatic hydroxyl groups excluding tert-OH is 1. The van der Waals surface area contributed by atoms with E-state index in [1.54, 1.807) is 4.90 Å². The van der Waals surface area contributed by atoms with Crippen molar-refractivity contribution in [2.45, 2.75) is 148 Å². The second-order valence-electron chi connectivity index (χ2n) is 16.9. The van der Waals surface area contributed by atoms with Crippen LogP contribution in [0.15, 0.2) is 59.6 Å². The Kier molecular flexibility index (Phi) is 20.3. The van der Waals surface area contributed by atoms with Gasteiger partial charge in [-0.1, -0.05) is 88.9 Å². The van der Waals surface area contributed by atoms with E-state index < -0.39 is 48.0 Å². The lowest BCUT2D eigenvalue weighted by molar-refractivity contribution is -0.143. The summed E-state index contributed by atoms with van der Waals surface area (Å²) in [5, 5.41) is 19.6. The van der Waals surface area contributed by atoms with Gasteiger partial charge in [-0.3, -0.25) is 29.0 Å². The van der Waals surface area contributed by atoms with E-state index >= 15 is 0 Å². The number of hydrogen-bond donors (Lipinski definition) is 6. The maximum Gasteiger partial charge on any atom is 0.245 e. The first-order chi connectivity index (χ1) is 29.3. The van der Waals surface area contributed by atoms with Gasteiger partial charge in [0.05, 0.1) is 6.10 Å². The summed E-state index contributed by atoms with van der Waals surface area (Å²) in [5.41, 5.74) is 12.8. The Labute approximate surface area is 361 Å². The molecule has 2 heterocycles. The summed E-state index contributed by atoms with van der Waals surface area (Å²) < 4.78 is 5.95. The number of likely N-dealkylation sites (tertiary alicyclic amines) is 2. The lowest BCUT2D eigenvalue weighted by Crippen LogP contribution is -2.58. The van der Waals surface area contributed by atoms with Crippen molar-refractivity contribution >= 4 is 35.5 Å². The first-order valence-corrected chi connectivity index (χ1v) is 22.3. The molecule has 0 unspecified atom stereocenters. The molecule has 5 atom stereocenters. The third-order valence-corrected chi connectivity index (χ3v) is 11.2. The number of carbonyl (C=O) groups excluding carboxylic acids is 5. The summed E-state index contributed by atoms with van der Waals surface area (Å²) >= 11 is 0. The number of rotatable bonds is 24. The van der Waals surface area contributed by atoms with E-state index in [4.69, 9.17) is 16.2 Å². The molecule has 4 rings (SSSR count). The van der Waals surface area contributed by atoms with Crippen LogP contribution in [0.5, 0.6) is 5.75 Å². The maximum absolute atomic E-state index is 14.5. The highest BCUT2D eigenvalue weighted by Gasteiger charge is 2.43. The molecule has 0 aromatic heterocycles. The van der Waals surface area contributed by atoms with E-state index in [0.717, 1.165) is 56.1 Å². The van der Waals surface area contributed by atoms with Crippen LogP contribution in [0.25, 0.3) is 0 Å². The molecule has 0 saturated carbocycles. The van der Waals surface area contributed by atoms with Crippen molar-refractivity contribution in [2.24, 2.45) is 22.4 Å². The van der Waals surface area contributed by atoms with Crippen molar-refractivity contribution in [2.75, 3.05) is 26.2 Å². The number of piperidine rings is 1. The zero-order valence-electron chi connectivity index (χ0n) is 36.5. The largest absolute Gasteiger partial charge is 0.489 e. The van der Waals surface area contributed by atoms with Crippen LogP contribution in [0, 0.1) is 5.92 Å². The molecule has 2 saturated heterocycles. The lowest BCUT2D eigenvalue weighted by Gasteiger charge is -2.33. The van der Waals surface area contributed by atoms with Gasteiger partial charge < -0.3 is 47.1 Å². The molecule has 8 N–H and O–H groups in total. The van der Waals surface area contributed by atoms with Gasteiger partial charge in [0.25, 0.3) is 0 Å². The Morgan fingerprint density at radius 1 is 0.820 bits per heavy atom. The van der Waals surface area contributed by atoms with E-state index in [2.05, 4.69) is 27.9 Å². The van der Waals surface area contributed by atoms with Crippen LogP contribution in [0.3, 0.4) is 0 Å². The van der Waals surface area contributed by atoms with Gasteiger partial charge in [0.1, 0.15) is 36.5 Å². The van der Waals surface area contributed by atoms with Gasteiger partial charge >= 0.3 is 0 Å². The van der Waals surface area contributed by atoms with Crippen molar-refractivity contribution < 1.29 is 33.8 Å². The van der Waals surface area contributed by atoms with Gasteiger partial charge in [-0.15, -0.1) is 0 Å². The van der Waals surface area contributed by atoms with Crippen molar-refractivity contribution in [1.29, 1.82) is 0 Å². The number of nitrogens with two attached hydrogens (primary N) is 2. The summed E-state index contributed by atoms with van der Waals surface area (Å²) in [6.07, 6.45) is 7.98. The topological polar surface area (TPSA) is 222 Å². The van der Waals surface area contributed by atoms with E-state index in [9.17, 15) is 29.1 Å². The highest BCUT2D eigenvalue weighted by Crippen LogP contribution is 2.23. The van der Waals surface area contributed by atoms with Gasteiger partial charge in [-0.05, 0) is 74.1 Å². The quantitative estimate of drug-likeness (QED) is 0.0515. The molecule has 2 aliphatic heterocycles. The SMILES string of the molecule is CCCCCCCC(=O)N[C@@H](Cc1ccc(OCc2ccccc2)cc1)C(=O)N[C@@H](CC(C)C)C(=O)N1C[C@H](O)C[C@H]1C(=O)N[C@H](CCCN=C(N)N)C(=O)N1CCCCC1. The van der Waals surface area contributed by atoms with Crippen LogP contribution in [0.1, 0.15) is 115 Å². The van der Waals surface area contributed by atoms with Crippen molar-refractivity contribution in [3.8, 4) is 5.75 Å². The number of guanidine groups is 1. The Morgan fingerprint density at radius 2 is 1.52 bits per heavy atom. The number of β-amino-alcohol motifs (C(OH)–C–C–N with tert-alkyl or cyclic N) is 1. The Morgan fingerprint density at radius 3 is 2.20 bits per heavy atom. The first-order valence-electron chi connectivity index (χ1n) is 22.3. The number of ether oxygens (including phenoxy) is 1. The summed E-state index contributed by atoms with van der Waals surface area (Å²) in [7, 11) is 0. The summed E-state index contributed by atoms with van der Waals surface area (Å²) in [6, 6.07) is 13.2. The second-order valence-corrected chi connectivity index (χ2v) is 16.9. The van der Waals surface area contributed by atoms with Crippen molar-refractivity contribution in [1.82, 2.24) is 25.8 Å². The molecule has 0 spiro atoms. The number of amides is 5. The monoisotopic (exact) mass is 847 g/mol. The van der Waals surface area contributed by atoms with Crippen LogP contribution >= 0.6 is 0 Å². The van der Waals surface area contributed by atoms with Gasteiger partial charge in [0.15, 0.2) is 5.96 Å². The van der Waals surface area contributed by atoms with Gasteiger partial charge in [0, 0.05) is 45.4 Å².